The summed E-state index contributed by atoms with van der Waals surface area (Å²) in [5.74, 6) is -0.941. The molecule has 0 unspecified atom stereocenters. The number of ether oxygens (including phenoxy) is 1. The summed E-state index contributed by atoms with van der Waals surface area (Å²) < 4.78 is 5.50. The first kappa shape index (κ1) is 23.7. The van der Waals surface area contributed by atoms with Crippen molar-refractivity contribution in [3.8, 4) is 5.75 Å². The predicted octanol–water partition coefficient (Wildman–Crippen LogP) is 4.59. The number of carbonyl (C=O) groups excluding carboxylic acids is 3. The van der Waals surface area contributed by atoms with Crippen LogP contribution in [0, 0.1) is 0 Å². The van der Waals surface area contributed by atoms with Crippen LogP contribution in [-0.4, -0.2) is 30.5 Å². The van der Waals surface area contributed by atoms with E-state index in [2.05, 4.69) is 15.8 Å². The van der Waals surface area contributed by atoms with Crippen LogP contribution in [0.4, 0.5) is 0 Å². The summed E-state index contributed by atoms with van der Waals surface area (Å²) in [6.07, 6.45) is 1.44. The highest BCUT2D eigenvalue weighted by Crippen LogP contribution is 2.21. The van der Waals surface area contributed by atoms with Crippen molar-refractivity contribution < 1.29 is 19.1 Å². The molecule has 0 aromatic heterocycles. The van der Waals surface area contributed by atoms with Crippen LogP contribution < -0.4 is 15.5 Å². The van der Waals surface area contributed by atoms with Gasteiger partial charge in [-0.15, -0.1) is 0 Å². The standard InChI is InChI=1S/C27H20ClN3O4/c28-21-12-10-20(11-13-21)26(33)29-17-25(32)31-30-16-18-8-14-22(15-9-18)35-27(34)24-7-3-5-19-4-1-2-6-23(19)24/h1-16H,17H2,(H,29,33)(H,31,32)/b30-16+. The summed E-state index contributed by atoms with van der Waals surface area (Å²) in [4.78, 5) is 36.6. The molecule has 4 rings (SSSR count). The summed E-state index contributed by atoms with van der Waals surface area (Å²) in [7, 11) is 0. The van der Waals surface area contributed by atoms with Gasteiger partial charge in [-0.2, -0.15) is 5.10 Å². The predicted molar refractivity (Wildman–Crippen MR) is 135 cm³/mol. The largest absolute Gasteiger partial charge is 0.423 e. The van der Waals surface area contributed by atoms with Crippen molar-refractivity contribution in [1.29, 1.82) is 0 Å². The van der Waals surface area contributed by atoms with Crippen molar-refractivity contribution in [2.24, 2.45) is 5.10 Å². The van der Waals surface area contributed by atoms with Crippen molar-refractivity contribution in [1.82, 2.24) is 10.7 Å². The first-order chi connectivity index (χ1) is 17.0. The fraction of sp³-hybridized carbons (Fsp3) is 0.0370. The molecule has 0 radical (unpaired) electrons. The molecular weight excluding hydrogens is 466 g/mol. The lowest BCUT2D eigenvalue weighted by atomic mass is 10.0. The summed E-state index contributed by atoms with van der Waals surface area (Å²) in [6.45, 7) is -0.234. The van der Waals surface area contributed by atoms with Crippen LogP contribution in [0.2, 0.25) is 5.02 Å². The molecule has 35 heavy (non-hydrogen) atoms. The third-order valence-corrected chi connectivity index (χ3v) is 5.27. The van der Waals surface area contributed by atoms with E-state index in [0.29, 0.717) is 27.5 Å². The number of amides is 2. The Labute approximate surface area is 206 Å². The summed E-state index contributed by atoms with van der Waals surface area (Å²) >= 11 is 5.79. The first-order valence-electron chi connectivity index (χ1n) is 10.7. The number of carbonyl (C=O) groups is 3. The van der Waals surface area contributed by atoms with Crippen LogP contribution >= 0.6 is 11.6 Å². The van der Waals surface area contributed by atoms with Gasteiger partial charge in [0.2, 0.25) is 0 Å². The maximum atomic E-state index is 12.6. The molecule has 174 valence electrons. The van der Waals surface area contributed by atoms with Gasteiger partial charge in [0.15, 0.2) is 0 Å². The van der Waals surface area contributed by atoms with Gasteiger partial charge < -0.3 is 10.1 Å². The number of rotatable bonds is 7. The molecule has 0 saturated carbocycles. The van der Waals surface area contributed by atoms with Gasteiger partial charge in [-0.05, 0) is 70.9 Å². The number of halogens is 1. The van der Waals surface area contributed by atoms with Crippen molar-refractivity contribution in [3.05, 3.63) is 113 Å². The number of hydrogen-bond donors (Lipinski definition) is 2. The fourth-order valence-electron chi connectivity index (χ4n) is 3.27. The Balaban J connectivity index is 1.27. The molecular formula is C27H20ClN3O4. The second-order valence-electron chi connectivity index (χ2n) is 7.47. The van der Waals surface area contributed by atoms with Crippen molar-refractivity contribution in [2.45, 2.75) is 0 Å². The molecule has 0 bridgehead atoms. The van der Waals surface area contributed by atoms with Crippen LogP contribution in [0.25, 0.3) is 10.8 Å². The average molecular weight is 486 g/mol. The molecule has 0 fully saturated rings. The van der Waals surface area contributed by atoms with Gasteiger partial charge in [-0.25, -0.2) is 10.2 Å². The van der Waals surface area contributed by atoms with Crippen molar-refractivity contribution in [2.75, 3.05) is 6.54 Å². The van der Waals surface area contributed by atoms with Crippen LogP contribution in [0.3, 0.4) is 0 Å². The van der Waals surface area contributed by atoms with E-state index >= 15 is 0 Å². The average Bonchev–Trinajstić information content (AvgIpc) is 2.88. The normalized spacial score (nSPS) is 10.8. The van der Waals surface area contributed by atoms with Crippen LogP contribution in [0.5, 0.6) is 5.75 Å². The Morgan fingerprint density at radius 2 is 1.57 bits per heavy atom. The zero-order chi connectivity index (χ0) is 24.6. The molecule has 8 heteroatoms. The minimum absolute atomic E-state index is 0.234. The molecule has 0 aliphatic rings. The molecule has 0 atom stereocenters. The smallest absolute Gasteiger partial charge is 0.344 e. The minimum atomic E-state index is -0.482. The summed E-state index contributed by atoms with van der Waals surface area (Å²) in [5.41, 5.74) is 3.90. The van der Waals surface area contributed by atoms with E-state index in [1.807, 2.05) is 36.4 Å². The van der Waals surface area contributed by atoms with Crippen molar-refractivity contribution in [3.63, 3.8) is 0 Å². The lowest BCUT2D eigenvalue weighted by Gasteiger charge is -2.07. The molecule has 2 N–H and O–H groups in total. The van der Waals surface area contributed by atoms with Gasteiger partial charge in [0.05, 0.1) is 18.3 Å². The van der Waals surface area contributed by atoms with Gasteiger partial charge in [0.1, 0.15) is 5.75 Å². The molecule has 4 aromatic rings. The molecule has 0 aliphatic heterocycles. The van der Waals surface area contributed by atoms with Gasteiger partial charge >= 0.3 is 5.97 Å². The van der Waals surface area contributed by atoms with Gasteiger partial charge in [0.25, 0.3) is 11.8 Å². The number of nitrogens with zero attached hydrogens (tertiary/aromatic N) is 1. The summed E-state index contributed by atoms with van der Waals surface area (Å²) in [5, 5.41) is 8.68. The maximum Gasteiger partial charge on any atom is 0.344 e. The van der Waals surface area contributed by atoms with E-state index in [1.165, 1.54) is 6.21 Å². The highest BCUT2D eigenvalue weighted by Gasteiger charge is 2.12. The van der Waals surface area contributed by atoms with E-state index in [0.717, 1.165) is 10.8 Å². The Morgan fingerprint density at radius 1 is 0.857 bits per heavy atom. The van der Waals surface area contributed by atoms with Gasteiger partial charge in [-0.1, -0.05) is 48.0 Å². The highest BCUT2D eigenvalue weighted by molar-refractivity contribution is 6.30. The van der Waals surface area contributed by atoms with Crippen LogP contribution in [0.1, 0.15) is 26.3 Å². The van der Waals surface area contributed by atoms with Gasteiger partial charge in [0, 0.05) is 10.6 Å². The molecule has 0 aliphatic carbocycles. The van der Waals surface area contributed by atoms with E-state index in [1.54, 1.807) is 54.6 Å². The number of esters is 1. The van der Waals surface area contributed by atoms with Gasteiger partial charge in [-0.3, -0.25) is 9.59 Å². The molecule has 0 spiro atoms. The van der Waals surface area contributed by atoms with E-state index in [9.17, 15) is 14.4 Å². The number of nitrogens with one attached hydrogen (secondary N) is 2. The number of hydrogen-bond acceptors (Lipinski definition) is 5. The number of fused-ring (bicyclic) bond motifs is 1. The Bertz CT molecular complexity index is 1400. The van der Waals surface area contributed by atoms with Crippen LogP contribution in [-0.2, 0) is 4.79 Å². The second-order valence-corrected chi connectivity index (χ2v) is 7.90. The van der Waals surface area contributed by atoms with Crippen LogP contribution in [0.15, 0.2) is 96.1 Å². The summed E-state index contributed by atoms with van der Waals surface area (Å²) in [6, 6.07) is 26.1. The number of hydrazone groups is 1. The highest BCUT2D eigenvalue weighted by atomic mass is 35.5. The Morgan fingerprint density at radius 3 is 2.34 bits per heavy atom. The minimum Gasteiger partial charge on any atom is -0.423 e. The van der Waals surface area contributed by atoms with E-state index in [-0.39, 0.29) is 6.54 Å². The molecule has 0 heterocycles. The molecule has 4 aromatic carbocycles. The molecule has 0 saturated heterocycles. The topological polar surface area (TPSA) is 96.9 Å². The first-order valence-corrected chi connectivity index (χ1v) is 11.0. The fourth-order valence-corrected chi connectivity index (χ4v) is 3.40. The zero-order valence-corrected chi connectivity index (χ0v) is 19.2. The zero-order valence-electron chi connectivity index (χ0n) is 18.4. The third kappa shape index (κ3) is 6.31. The van der Waals surface area contributed by atoms with Crippen molar-refractivity contribution >= 4 is 46.4 Å². The lowest BCUT2D eigenvalue weighted by molar-refractivity contribution is -0.120. The van der Waals surface area contributed by atoms with E-state index < -0.39 is 17.8 Å². The molecule has 7 nitrogen and oxygen atoms in total. The van der Waals surface area contributed by atoms with E-state index in [4.69, 9.17) is 16.3 Å². The Kier molecular flexibility index (Phi) is 7.50. The molecule has 2 amide bonds. The number of benzene rings is 4. The SMILES string of the molecule is O=C(CNC(=O)c1ccc(Cl)cc1)N/N=C/c1ccc(OC(=O)c2cccc3ccccc23)cc1. The lowest BCUT2D eigenvalue weighted by Crippen LogP contribution is -2.34. The quantitative estimate of drug-likeness (QED) is 0.173. The Hall–Kier alpha value is -4.49. The maximum absolute atomic E-state index is 12.6. The third-order valence-electron chi connectivity index (χ3n) is 5.02. The second kappa shape index (κ2) is 11.1. The monoisotopic (exact) mass is 485 g/mol.